The maximum Gasteiger partial charge on any atom is 0.0789 e. The summed E-state index contributed by atoms with van der Waals surface area (Å²) in [7, 11) is 0. The number of hydrogen-bond acceptors (Lipinski definition) is 1. The van der Waals surface area contributed by atoms with Crippen LogP contribution in [-0.4, -0.2) is 4.98 Å². The summed E-state index contributed by atoms with van der Waals surface area (Å²) in [5.41, 5.74) is 14.9. The van der Waals surface area contributed by atoms with Crippen molar-refractivity contribution < 1.29 is 0 Å². The maximum atomic E-state index is 5.23. The van der Waals surface area contributed by atoms with Crippen LogP contribution in [0.5, 0.6) is 0 Å². The minimum absolute atomic E-state index is 1.06. The molecule has 0 N–H and O–H groups in total. The van der Waals surface area contributed by atoms with E-state index in [0.29, 0.717) is 0 Å². The van der Waals surface area contributed by atoms with Gasteiger partial charge in [-0.25, -0.2) is 0 Å². The van der Waals surface area contributed by atoms with Crippen LogP contribution in [0.2, 0.25) is 0 Å². The summed E-state index contributed by atoms with van der Waals surface area (Å²) in [5, 5.41) is 7.59. The Morgan fingerprint density at radius 1 is 0.364 bits per heavy atom. The molecule has 0 aliphatic heterocycles. The quantitative estimate of drug-likeness (QED) is 0.210. The van der Waals surface area contributed by atoms with Gasteiger partial charge in [0.15, 0.2) is 0 Å². The average Bonchev–Trinajstić information content (AvgIpc) is 3.41. The summed E-state index contributed by atoms with van der Waals surface area (Å²) in [5.74, 6) is 0. The minimum atomic E-state index is 1.06. The SMILES string of the molecule is Cc1nc(-c2ccc3c4c(cccc24)-c2c-3c(-c3ccccc3)c3ccccc3c2-c2ccccc2)c2ccccc2c1C. The fraction of sp³-hybridized carbons (Fsp3) is 0.0465. The normalized spacial score (nSPS) is 11.9. The summed E-state index contributed by atoms with van der Waals surface area (Å²) >= 11 is 0. The molecule has 9 rings (SSSR count). The highest BCUT2D eigenvalue weighted by molar-refractivity contribution is 6.29. The Labute approximate surface area is 257 Å². The Morgan fingerprint density at radius 2 is 0.841 bits per heavy atom. The molecule has 7 aromatic carbocycles. The van der Waals surface area contributed by atoms with Crippen LogP contribution in [0.4, 0.5) is 0 Å². The number of nitrogens with zero attached hydrogens (tertiary/aromatic N) is 1. The molecule has 0 atom stereocenters. The second-order valence-corrected chi connectivity index (χ2v) is 11.9. The van der Waals surface area contributed by atoms with Gasteiger partial charge in [-0.1, -0.05) is 140 Å². The molecule has 0 saturated heterocycles. The van der Waals surface area contributed by atoms with Crippen molar-refractivity contribution in [1.29, 1.82) is 0 Å². The van der Waals surface area contributed by atoms with E-state index in [1.807, 2.05) is 0 Å². The van der Waals surface area contributed by atoms with Gasteiger partial charge < -0.3 is 0 Å². The van der Waals surface area contributed by atoms with Gasteiger partial charge in [-0.3, -0.25) is 4.98 Å². The molecule has 0 spiro atoms. The molecule has 0 bridgehead atoms. The molecular weight excluding hydrogens is 530 g/mol. The van der Waals surface area contributed by atoms with Crippen molar-refractivity contribution in [2.24, 2.45) is 0 Å². The Balaban J connectivity index is 1.46. The zero-order chi connectivity index (χ0) is 29.4. The Kier molecular flexibility index (Phi) is 5.39. The zero-order valence-corrected chi connectivity index (χ0v) is 24.7. The van der Waals surface area contributed by atoms with Gasteiger partial charge >= 0.3 is 0 Å². The third-order valence-electron chi connectivity index (χ3n) is 9.58. The highest BCUT2D eigenvalue weighted by atomic mass is 14.7. The van der Waals surface area contributed by atoms with Crippen LogP contribution < -0.4 is 0 Å². The first kappa shape index (κ1) is 25.0. The van der Waals surface area contributed by atoms with Crippen molar-refractivity contribution in [1.82, 2.24) is 4.98 Å². The van der Waals surface area contributed by atoms with E-state index in [9.17, 15) is 0 Å². The van der Waals surface area contributed by atoms with Crippen LogP contribution in [0.25, 0.3) is 88.1 Å². The highest BCUT2D eigenvalue weighted by Gasteiger charge is 2.31. The molecule has 0 radical (unpaired) electrons. The Bertz CT molecular complexity index is 2340. The van der Waals surface area contributed by atoms with Gasteiger partial charge in [0, 0.05) is 16.6 Å². The van der Waals surface area contributed by atoms with Crippen LogP contribution in [-0.2, 0) is 0 Å². The molecule has 1 nitrogen and oxygen atoms in total. The molecule has 1 heteroatoms. The van der Waals surface area contributed by atoms with E-state index < -0.39 is 0 Å². The molecule has 0 amide bonds. The van der Waals surface area contributed by atoms with Gasteiger partial charge in [0.05, 0.1) is 5.69 Å². The van der Waals surface area contributed by atoms with Crippen LogP contribution >= 0.6 is 0 Å². The second kappa shape index (κ2) is 9.49. The van der Waals surface area contributed by atoms with Gasteiger partial charge in [-0.15, -0.1) is 0 Å². The largest absolute Gasteiger partial charge is 0.252 e. The molecule has 1 aromatic heterocycles. The highest BCUT2D eigenvalue weighted by Crippen LogP contribution is 2.58. The summed E-state index contributed by atoms with van der Waals surface area (Å²) in [4.78, 5) is 5.23. The van der Waals surface area contributed by atoms with E-state index >= 15 is 0 Å². The van der Waals surface area contributed by atoms with E-state index in [2.05, 4.69) is 153 Å². The number of aryl methyl sites for hydroxylation is 2. The first-order valence-corrected chi connectivity index (χ1v) is 15.3. The molecule has 1 aliphatic rings. The lowest BCUT2D eigenvalue weighted by Crippen LogP contribution is -1.95. The van der Waals surface area contributed by atoms with Crippen molar-refractivity contribution >= 4 is 32.3 Å². The third kappa shape index (κ3) is 3.44. The molecule has 0 unspecified atom stereocenters. The molecule has 0 saturated carbocycles. The van der Waals surface area contributed by atoms with Gasteiger partial charge in [0.25, 0.3) is 0 Å². The molecule has 1 aliphatic carbocycles. The smallest absolute Gasteiger partial charge is 0.0789 e. The fourth-order valence-electron chi connectivity index (χ4n) is 7.54. The van der Waals surface area contributed by atoms with Crippen LogP contribution in [0.1, 0.15) is 11.3 Å². The number of benzene rings is 7. The van der Waals surface area contributed by atoms with Gasteiger partial charge in [-0.2, -0.15) is 0 Å². The molecule has 1 heterocycles. The molecule has 0 fully saturated rings. The molecule has 8 aromatic rings. The molecular formula is C43H29N. The van der Waals surface area contributed by atoms with Crippen molar-refractivity contribution in [2.45, 2.75) is 13.8 Å². The second-order valence-electron chi connectivity index (χ2n) is 11.9. The third-order valence-corrected chi connectivity index (χ3v) is 9.58. The van der Waals surface area contributed by atoms with E-state index in [4.69, 9.17) is 4.98 Å². The lowest BCUT2D eigenvalue weighted by Gasteiger charge is -2.20. The van der Waals surface area contributed by atoms with Gasteiger partial charge in [0.2, 0.25) is 0 Å². The Morgan fingerprint density at radius 3 is 1.45 bits per heavy atom. The van der Waals surface area contributed by atoms with E-state index in [-0.39, 0.29) is 0 Å². The van der Waals surface area contributed by atoms with Gasteiger partial charge in [0.1, 0.15) is 0 Å². The summed E-state index contributed by atoms with van der Waals surface area (Å²) in [6, 6.07) is 51.0. The van der Waals surface area contributed by atoms with Crippen LogP contribution in [0.3, 0.4) is 0 Å². The van der Waals surface area contributed by atoms with Gasteiger partial charge in [-0.05, 0) is 90.8 Å². The topological polar surface area (TPSA) is 12.9 Å². The van der Waals surface area contributed by atoms with Crippen molar-refractivity contribution in [2.75, 3.05) is 0 Å². The number of rotatable bonds is 3. The minimum Gasteiger partial charge on any atom is -0.252 e. The maximum absolute atomic E-state index is 5.23. The first-order valence-electron chi connectivity index (χ1n) is 15.3. The standard InChI is InChI=1S/C43H29N/c1-26-27(2)44-43(34-21-12-9-18-30(26)34)35-24-25-37-40-33(35)22-13-23-36(40)41-38(28-14-5-3-6-15-28)31-19-10-11-20-32(31)39(42(37)41)29-16-7-4-8-17-29/h3-25H,1-2H3. The first-order chi connectivity index (χ1) is 21.7. The van der Waals surface area contributed by atoms with E-state index in [1.165, 1.54) is 88.0 Å². The van der Waals surface area contributed by atoms with Crippen molar-refractivity contribution in [3.63, 3.8) is 0 Å². The van der Waals surface area contributed by atoms with Crippen LogP contribution in [0.15, 0.2) is 140 Å². The predicted molar refractivity (Wildman–Crippen MR) is 187 cm³/mol. The summed E-state index contributed by atoms with van der Waals surface area (Å²) in [6.45, 7) is 4.31. The predicted octanol–water partition coefficient (Wildman–Crippen LogP) is 11.8. The van der Waals surface area contributed by atoms with Crippen molar-refractivity contribution in [3.05, 3.63) is 151 Å². The monoisotopic (exact) mass is 559 g/mol. The number of fused-ring (bicyclic) bond motifs is 5. The number of pyridine rings is 1. The Hall–Kier alpha value is -5.53. The average molecular weight is 560 g/mol. The van der Waals surface area contributed by atoms with E-state index in [0.717, 1.165) is 11.4 Å². The zero-order valence-electron chi connectivity index (χ0n) is 24.7. The molecule has 206 valence electrons. The summed E-state index contributed by atoms with van der Waals surface area (Å²) < 4.78 is 0. The lowest BCUT2D eigenvalue weighted by atomic mass is 9.82. The fourth-order valence-corrected chi connectivity index (χ4v) is 7.54. The van der Waals surface area contributed by atoms with Crippen molar-refractivity contribution in [3.8, 4) is 55.8 Å². The summed E-state index contributed by atoms with van der Waals surface area (Å²) in [6.07, 6.45) is 0. The van der Waals surface area contributed by atoms with Crippen LogP contribution in [0, 0.1) is 13.8 Å². The number of aromatic nitrogens is 1. The lowest BCUT2D eigenvalue weighted by molar-refractivity contribution is 1.18. The molecule has 44 heavy (non-hydrogen) atoms. The van der Waals surface area contributed by atoms with E-state index in [1.54, 1.807) is 0 Å². The number of hydrogen-bond donors (Lipinski definition) is 0.